The van der Waals surface area contributed by atoms with E-state index in [4.69, 9.17) is 47.4 Å². The van der Waals surface area contributed by atoms with E-state index >= 15 is 0 Å². The maximum atomic E-state index is 5.65. The van der Waals surface area contributed by atoms with E-state index in [0.29, 0.717) is 0 Å². The molecule has 0 unspecified atom stereocenters. The molecule has 10 nitrogen and oxygen atoms in total. The Hall–Kier alpha value is -8.35. The first kappa shape index (κ1) is 56.0. The second kappa shape index (κ2) is 26.6. The van der Waals surface area contributed by atoms with Gasteiger partial charge in [0.1, 0.15) is 0 Å². The van der Waals surface area contributed by atoms with Crippen molar-refractivity contribution in [3.63, 3.8) is 0 Å². The van der Waals surface area contributed by atoms with Gasteiger partial charge < -0.3 is 47.4 Å². The topological polar surface area (TPSA) is 92.3 Å². The van der Waals surface area contributed by atoms with Gasteiger partial charge in [0.15, 0.2) is 115 Å². The van der Waals surface area contributed by atoms with E-state index in [1.54, 1.807) is 0 Å². The van der Waals surface area contributed by atoms with E-state index < -0.39 is 0 Å². The Morgan fingerprint density at radius 3 is 0.213 bits per heavy atom. The average Bonchev–Trinajstić information content (AvgIpc) is 3.43. The highest BCUT2D eigenvalue weighted by Crippen LogP contribution is 2.48. The molecule has 0 spiro atoms. The lowest BCUT2D eigenvalue weighted by Gasteiger charge is -2.19. The van der Waals surface area contributed by atoms with Crippen LogP contribution < -0.4 is 47.4 Å². The minimum atomic E-state index is 0. The van der Waals surface area contributed by atoms with Gasteiger partial charge in [0.25, 0.3) is 0 Å². The molecule has 0 bridgehead atoms. The third kappa shape index (κ3) is 13.3. The van der Waals surface area contributed by atoms with Crippen molar-refractivity contribution >= 4 is 62.0 Å². The van der Waals surface area contributed by atoms with Crippen LogP contribution in [0.25, 0.3) is 0 Å². The van der Waals surface area contributed by atoms with Gasteiger partial charge in [-0.25, -0.2) is 0 Å². The van der Waals surface area contributed by atoms with E-state index in [0.717, 1.165) is 115 Å². The second-order valence-electron chi connectivity index (χ2n) is 15.5. The SMILES string of the molecule is Cl.Cl.Cl.Cl.Cl.c1ccc2c(c1)Oc1ccccc1O2.c1ccc2c(c1)Oc1ccccc1O2.c1ccc2c(c1)Oc1ccccc1O2.c1ccc2c(c1)Oc1ccccc1O2.c1ccc2c(c1)Oc1ccccc1O2. The Morgan fingerprint density at radius 2 is 0.160 bits per heavy atom. The monoisotopic (exact) mass is 1100 g/mol. The van der Waals surface area contributed by atoms with Crippen LogP contribution in [0.15, 0.2) is 243 Å². The lowest BCUT2D eigenvalue weighted by Crippen LogP contribution is -1.97. The Balaban J connectivity index is 0.000000150. The summed E-state index contributed by atoms with van der Waals surface area (Å²) in [6.45, 7) is 0. The second-order valence-corrected chi connectivity index (χ2v) is 15.5. The largest absolute Gasteiger partial charge is 0.450 e. The third-order valence-electron chi connectivity index (χ3n) is 10.7. The molecule has 0 aromatic heterocycles. The molecule has 0 aliphatic carbocycles. The van der Waals surface area contributed by atoms with E-state index in [1.165, 1.54) is 0 Å². The molecule has 0 saturated carbocycles. The summed E-state index contributed by atoms with van der Waals surface area (Å²) in [6.07, 6.45) is 0. The third-order valence-corrected chi connectivity index (χ3v) is 10.7. The molecular weight excluding hydrogens is 1060 g/mol. The molecule has 5 heterocycles. The quantitative estimate of drug-likeness (QED) is 0.146. The molecule has 15 heteroatoms. The van der Waals surface area contributed by atoms with Crippen molar-refractivity contribution in [2.75, 3.05) is 0 Å². The first-order valence-corrected chi connectivity index (χ1v) is 22.4. The van der Waals surface area contributed by atoms with Gasteiger partial charge in [0.05, 0.1) is 0 Å². The van der Waals surface area contributed by atoms with Crippen molar-refractivity contribution in [1.29, 1.82) is 0 Å². The van der Waals surface area contributed by atoms with Crippen molar-refractivity contribution in [1.82, 2.24) is 0 Å². The van der Waals surface area contributed by atoms with Gasteiger partial charge in [0, 0.05) is 0 Å². The zero-order chi connectivity index (χ0) is 46.9. The number of hydrogen-bond acceptors (Lipinski definition) is 10. The molecule has 0 radical (unpaired) electrons. The zero-order valence-electron chi connectivity index (χ0n) is 39.2. The van der Waals surface area contributed by atoms with Crippen LogP contribution in [0.1, 0.15) is 0 Å². The first-order valence-electron chi connectivity index (χ1n) is 22.4. The predicted octanol–water partition coefficient (Wildman–Crippen LogP) is 20.0. The summed E-state index contributed by atoms with van der Waals surface area (Å²) >= 11 is 0. The summed E-state index contributed by atoms with van der Waals surface area (Å²) in [6, 6.07) is 76.4. The molecule has 0 N–H and O–H groups in total. The summed E-state index contributed by atoms with van der Waals surface area (Å²) in [4.78, 5) is 0. The zero-order valence-corrected chi connectivity index (χ0v) is 43.3. The predicted molar refractivity (Wildman–Crippen MR) is 301 cm³/mol. The highest BCUT2D eigenvalue weighted by atomic mass is 35.5. The molecule has 10 aromatic carbocycles. The number of rotatable bonds is 0. The molecule has 0 saturated heterocycles. The van der Waals surface area contributed by atoms with E-state index in [2.05, 4.69) is 0 Å². The minimum Gasteiger partial charge on any atom is -0.450 e. The van der Waals surface area contributed by atoms with Crippen molar-refractivity contribution in [2.24, 2.45) is 0 Å². The van der Waals surface area contributed by atoms with Crippen LogP contribution in [-0.2, 0) is 0 Å². The highest BCUT2D eigenvalue weighted by Gasteiger charge is 2.21. The molecule has 5 aliphatic rings. The summed E-state index contributed by atoms with van der Waals surface area (Å²) in [5.74, 6) is 15.4. The summed E-state index contributed by atoms with van der Waals surface area (Å²) in [7, 11) is 0. The smallest absolute Gasteiger partial charge is 0.170 e. The van der Waals surface area contributed by atoms with Crippen molar-refractivity contribution in [3.8, 4) is 115 Å². The van der Waals surface area contributed by atoms with Gasteiger partial charge in [-0.05, 0) is 121 Å². The van der Waals surface area contributed by atoms with E-state index in [9.17, 15) is 0 Å². The maximum absolute atomic E-state index is 5.65. The number of benzene rings is 10. The number of halogens is 5. The molecule has 0 fully saturated rings. The fraction of sp³-hybridized carbons (Fsp3) is 0. The van der Waals surface area contributed by atoms with Crippen molar-refractivity contribution in [3.05, 3.63) is 243 Å². The van der Waals surface area contributed by atoms with E-state index in [-0.39, 0.29) is 62.0 Å². The van der Waals surface area contributed by atoms with Crippen LogP contribution >= 0.6 is 62.0 Å². The summed E-state index contributed by atoms with van der Waals surface area (Å²) < 4.78 is 56.5. The Labute approximate surface area is 464 Å². The van der Waals surface area contributed by atoms with Crippen LogP contribution in [0.4, 0.5) is 0 Å². The fourth-order valence-electron chi connectivity index (χ4n) is 7.37. The van der Waals surface area contributed by atoms with Crippen LogP contribution in [0.2, 0.25) is 0 Å². The number of ether oxygens (including phenoxy) is 10. The first-order chi connectivity index (χ1) is 34.7. The summed E-state index contributed by atoms with van der Waals surface area (Å²) in [5.41, 5.74) is 0. The molecule has 0 atom stereocenters. The molecule has 0 amide bonds. The highest BCUT2D eigenvalue weighted by molar-refractivity contribution is 5.86. The van der Waals surface area contributed by atoms with Crippen LogP contribution in [0, 0.1) is 0 Å². The number of fused-ring (bicyclic) bond motifs is 10. The van der Waals surface area contributed by atoms with Gasteiger partial charge in [-0.1, -0.05) is 121 Å². The average molecular weight is 1100 g/mol. The van der Waals surface area contributed by atoms with Crippen LogP contribution in [0.5, 0.6) is 115 Å². The van der Waals surface area contributed by atoms with Crippen LogP contribution in [0.3, 0.4) is 0 Å². The lowest BCUT2D eigenvalue weighted by atomic mass is 10.2. The van der Waals surface area contributed by atoms with Crippen LogP contribution in [-0.4, -0.2) is 0 Å². The van der Waals surface area contributed by atoms with Gasteiger partial charge >= 0.3 is 0 Å². The van der Waals surface area contributed by atoms with Gasteiger partial charge in [-0.15, -0.1) is 62.0 Å². The van der Waals surface area contributed by atoms with E-state index in [1.807, 2.05) is 243 Å². The van der Waals surface area contributed by atoms with Gasteiger partial charge in [-0.3, -0.25) is 0 Å². The fourth-order valence-corrected chi connectivity index (χ4v) is 7.37. The molecule has 380 valence electrons. The molecular formula is C60H45Cl5O10. The number of para-hydroxylation sites is 20. The molecule has 10 aromatic rings. The molecule has 75 heavy (non-hydrogen) atoms. The molecule has 5 aliphatic heterocycles. The molecule has 15 rings (SSSR count). The summed E-state index contributed by atoms with van der Waals surface area (Å²) in [5, 5.41) is 0. The number of hydrogen-bond donors (Lipinski definition) is 0. The van der Waals surface area contributed by atoms with Gasteiger partial charge in [0.2, 0.25) is 0 Å². The van der Waals surface area contributed by atoms with Crippen molar-refractivity contribution < 1.29 is 47.4 Å². The Bertz CT molecular complexity index is 2500. The Kier molecular flexibility index (Phi) is 19.8. The minimum absolute atomic E-state index is 0. The normalized spacial score (nSPS) is 11.2. The van der Waals surface area contributed by atoms with Gasteiger partial charge in [-0.2, -0.15) is 0 Å². The Morgan fingerprint density at radius 1 is 0.107 bits per heavy atom. The lowest BCUT2D eigenvalue weighted by molar-refractivity contribution is 0.359. The maximum Gasteiger partial charge on any atom is 0.170 e. The van der Waals surface area contributed by atoms with Crippen molar-refractivity contribution in [2.45, 2.75) is 0 Å². The standard InChI is InChI=1S/5C12H8O2.5ClH/c5*1-2-6-10-9(5-1)13-11-7-3-4-8-12(11)14-10;;;;;/h5*1-8H;5*1H.